The molecule has 3 aromatic rings. The highest BCUT2D eigenvalue weighted by Crippen LogP contribution is 2.21. The quantitative estimate of drug-likeness (QED) is 0.795. The summed E-state index contributed by atoms with van der Waals surface area (Å²) in [4.78, 5) is 3.99. The van der Waals surface area contributed by atoms with Crippen LogP contribution in [0.15, 0.2) is 65.7 Å². The lowest BCUT2D eigenvalue weighted by Crippen LogP contribution is -2.05. The van der Waals surface area contributed by atoms with Gasteiger partial charge in [-0.25, -0.2) is 9.67 Å². The molecule has 0 aliphatic rings. The van der Waals surface area contributed by atoms with Crippen molar-refractivity contribution in [1.82, 2.24) is 14.8 Å². The molecule has 0 unspecified atom stereocenters. The lowest BCUT2D eigenvalue weighted by atomic mass is 10.2. The zero-order valence-corrected chi connectivity index (χ0v) is 12.3. The van der Waals surface area contributed by atoms with E-state index in [0.717, 1.165) is 22.4 Å². The molecule has 0 aliphatic heterocycles. The van der Waals surface area contributed by atoms with Crippen molar-refractivity contribution in [3.05, 3.63) is 71.2 Å². The largest absolute Gasteiger partial charge is 0.379 e. The Balaban J connectivity index is 1.84. The molecular weight excluding hydrogens is 316 g/mol. The fourth-order valence-electron chi connectivity index (χ4n) is 1.99. The molecule has 0 saturated carbocycles. The zero-order valence-electron chi connectivity index (χ0n) is 10.7. The van der Waals surface area contributed by atoms with Gasteiger partial charge in [0.1, 0.15) is 12.7 Å². The molecule has 1 N–H and O–H groups in total. The van der Waals surface area contributed by atoms with E-state index < -0.39 is 0 Å². The zero-order chi connectivity index (χ0) is 13.8. The Bertz CT molecular complexity index is 695. The van der Waals surface area contributed by atoms with E-state index in [1.807, 2.05) is 42.5 Å². The van der Waals surface area contributed by atoms with Gasteiger partial charge in [-0.3, -0.25) is 0 Å². The van der Waals surface area contributed by atoms with Crippen molar-refractivity contribution >= 4 is 21.6 Å². The third-order valence-corrected chi connectivity index (χ3v) is 3.77. The van der Waals surface area contributed by atoms with Gasteiger partial charge in [0, 0.05) is 11.0 Å². The number of anilines is 1. The average Bonchev–Trinajstić information content (AvgIpc) is 3.01. The lowest BCUT2D eigenvalue weighted by molar-refractivity contribution is 0.877. The maximum absolute atomic E-state index is 4.18. The molecule has 1 heterocycles. The smallest absolute Gasteiger partial charge is 0.138 e. The minimum atomic E-state index is 0.743. The number of hydrogen-bond acceptors (Lipinski definition) is 3. The van der Waals surface area contributed by atoms with Gasteiger partial charge in [-0.1, -0.05) is 46.3 Å². The van der Waals surface area contributed by atoms with Crippen LogP contribution in [0.4, 0.5) is 5.69 Å². The first kappa shape index (κ1) is 12.9. The van der Waals surface area contributed by atoms with E-state index in [1.54, 1.807) is 11.0 Å². The molecular formula is C15H13BrN4. The highest BCUT2D eigenvalue weighted by Gasteiger charge is 2.05. The van der Waals surface area contributed by atoms with Crippen LogP contribution >= 0.6 is 15.9 Å². The van der Waals surface area contributed by atoms with Crippen LogP contribution < -0.4 is 5.32 Å². The van der Waals surface area contributed by atoms with E-state index in [2.05, 4.69) is 37.4 Å². The Morgan fingerprint density at radius 2 is 1.85 bits per heavy atom. The van der Waals surface area contributed by atoms with Crippen molar-refractivity contribution in [2.45, 2.75) is 6.54 Å². The van der Waals surface area contributed by atoms with Crippen molar-refractivity contribution in [3.63, 3.8) is 0 Å². The van der Waals surface area contributed by atoms with Gasteiger partial charge in [-0.2, -0.15) is 5.10 Å². The fraction of sp³-hybridized carbons (Fsp3) is 0.0667. The Hall–Kier alpha value is -2.14. The molecule has 4 nitrogen and oxygen atoms in total. The van der Waals surface area contributed by atoms with E-state index in [-0.39, 0.29) is 0 Å². The molecule has 0 radical (unpaired) electrons. The van der Waals surface area contributed by atoms with Gasteiger partial charge in [-0.05, 0) is 23.8 Å². The van der Waals surface area contributed by atoms with Crippen LogP contribution in [-0.4, -0.2) is 14.8 Å². The maximum atomic E-state index is 4.18. The summed E-state index contributed by atoms with van der Waals surface area (Å²) in [5, 5.41) is 7.62. The van der Waals surface area contributed by atoms with Crippen molar-refractivity contribution in [1.29, 1.82) is 0 Å². The SMILES string of the molecule is Brc1ccccc1CNc1ccccc1-n1cncn1. The van der Waals surface area contributed by atoms with E-state index in [9.17, 15) is 0 Å². The van der Waals surface area contributed by atoms with Crippen LogP contribution in [-0.2, 0) is 6.54 Å². The Morgan fingerprint density at radius 1 is 1.05 bits per heavy atom. The topological polar surface area (TPSA) is 42.7 Å². The van der Waals surface area contributed by atoms with Crippen LogP contribution in [0.2, 0.25) is 0 Å². The molecule has 20 heavy (non-hydrogen) atoms. The van der Waals surface area contributed by atoms with Gasteiger partial charge in [-0.15, -0.1) is 0 Å². The highest BCUT2D eigenvalue weighted by molar-refractivity contribution is 9.10. The summed E-state index contributed by atoms with van der Waals surface area (Å²) in [6.45, 7) is 0.743. The summed E-state index contributed by atoms with van der Waals surface area (Å²) in [7, 11) is 0. The summed E-state index contributed by atoms with van der Waals surface area (Å²) < 4.78 is 2.85. The summed E-state index contributed by atoms with van der Waals surface area (Å²) in [5.74, 6) is 0. The second-order valence-electron chi connectivity index (χ2n) is 4.30. The number of nitrogens with zero attached hydrogens (tertiary/aromatic N) is 3. The standard InChI is InChI=1S/C15H13BrN4/c16-13-6-2-1-5-12(13)9-18-14-7-3-4-8-15(14)20-11-17-10-19-20/h1-8,10-11,18H,9H2. The molecule has 0 amide bonds. The predicted molar refractivity (Wildman–Crippen MR) is 82.8 cm³/mol. The molecule has 100 valence electrons. The van der Waals surface area contributed by atoms with Gasteiger partial charge in [0.25, 0.3) is 0 Å². The number of aromatic nitrogens is 3. The van der Waals surface area contributed by atoms with Crippen LogP contribution in [0.1, 0.15) is 5.56 Å². The monoisotopic (exact) mass is 328 g/mol. The van der Waals surface area contributed by atoms with Crippen molar-refractivity contribution in [2.75, 3.05) is 5.32 Å². The lowest BCUT2D eigenvalue weighted by Gasteiger charge is -2.12. The van der Waals surface area contributed by atoms with Gasteiger partial charge < -0.3 is 5.32 Å². The minimum Gasteiger partial charge on any atom is -0.379 e. The molecule has 0 bridgehead atoms. The summed E-state index contributed by atoms with van der Waals surface area (Å²) in [6.07, 6.45) is 3.23. The molecule has 0 aliphatic carbocycles. The van der Waals surface area contributed by atoms with Gasteiger partial charge in [0.15, 0.2) is 0 Å². The maximum Gasteiger partial charge on any atom is 0.138 e. The number of nitrogens with one attached hydrogen (secondary N) is 1. The number of para-hydroxylation sites is 2. The summed E-state index contributed by atoms with van der Waals surface area (Å²) in [5.41, 5.74) is 3.21. The van der Waals surface area contributed by atoms with Gasteiger partial charge >= 0.3 is 0 Å². The fourth-order valence-corrected chi connectivity index (χ4v) is 2.41. The molecule has 2 aromatic carbocycles. The molecule has 0 fully saturated rings. The second kappa shape index (κ2) is 5.88. The van der Waals surface area contributed by atoms with Crippen LogP contribution in [0.25, 0.3) is 5.69 Å². The van der Waals surface area contributed by atoms with Crippen molar-refractivity contribution < 1.29 is 0 Å². The first-order valence-corrected chi connectivity index (χ1v) is 7.05. The van der Waals surface area contributed by atoms with E-state index in [0.29, 0.717) is 0 Å². The second-order valence-corrected chi connectivity index (χ2v) is 5.16. The Kier molecular flexibility index (Phi) is 3.78. The van der Waals surface area contributed by atoms with E-state index in [4.69, 9.17) is 0 Å². The average molecular weight is 329 g/mol. The van der Waals surface area contributed by atoms with Crippen LogP contribution in [0, 0.1) is 0 Å². The highest BCUT2D eigenvalue weighted by atomic mass is 79.9. The molecule has 3 rings (SSSR count). The van der Waals surface area contributed by atoms with Crippen molar-refractivity contribution in [2.24, 2.45) is 0 Å². The molecule has 0 spiro atoms. The predicted octanol–water partition coefficient (Wildman–Crippen LogP) is 3.64. The van der Waals surface area contributed by atoms with Gasteiger partial charge in [0.05, 0.1) is 11.4 Å². The number of benzene rings is 2. The Labute approximate surface area is 125 Å². The van der Waals surface area contributed by atoms with Crippen LogP contribution in [0.5, 0.6) is 0 Å². The molecule has 1 aromatic heterocycles. The van der Waals surface area contributed by atoms with E-state index in [1.165, 1.54) is 11.9 Å². The summed E-state index contributed by atoms with van der Waals surface area (Å²) >= 11 is 3.56. The number of rotatable bonds is 4. The molecule has 5 heteroatoms. The normalized spacial score (nSPS) is 10.4. The first-order valence-electron chi connectivity index (χ1n) is 6.26. The van der Waals surface area contributed by atoms with E-state index >= 15 is 0 Å². The minimum absolute atomic E-state index is 0.743. The van der Waals surface area contributed by atoms with Gasteiger partial charge in [0.2, 0.25) is 0 Å². The molecule has 0 atom stereocenters. The van der Waals surface area contributed by atoms with Crippen LogP contribution in [0.3, 0.4) is 0 Å². The molecule has 0 saturated heterocycles. The number of hydrogen-bond donors (Lipinski definition) is 1. The third-order valence-electron chi connectivity index (χ3n) is 3.00. The van der Waals surface area contributed by atoms with Crippen molar-refractivity contribution in [3.8, 4) is 5.69 Å². The number of halogens is 1. The first-order chi connectivity index (χ1) is 9.84. The Morgan fingerprint density at radius 3 is 2.65 bits per heavy atom. The third kappa shape index (κ3) is 2.72. The summed E-state index contributed by atoms with van der Waals surface area (Å²) in [6, 6.07) is 16.2.